The largest absolute Gasteiger partial charge is 0.443 e. The zero-order valence-electron chi connectivity index (χ0n) is 15.6. The van der Waals surface area contributed by atoms with Crippen molar-refractivity contribution in [1.29, 1.82) is 0 Å². The summed E-state index contributed by atoms with van der Waals surface area (Å²) in [7, 11) is 0. The fraction of sp³-hybridized carbons (Fsp3) is 0.333. The summed E-state index contributed by atoms with van der Waals surface area (Å²) in [5, 5.41) is 0.706. The molecular weight excluding hydrogens is 376 g/mol. The predicted octanol–water partition coefficient (Wildman–Crippen LogP) is 4.38. The van der Waals surface area contributed by atoms with Crippen molar-refractivity contribution in [3.63, 3.8) is 0 Å². The van der Waals surface area contributed by atoms with Gasteiger partial charge in [-0.1, -0.05) is 23.7 Å². The molecule has 144 valence electrons. The number of aryl methyl sites for hydroxylation is 1. The Balaban J connectivity index is 1.53. The number of hydrogen-bond acceptors (Lipinski definition) is 5. The topological polar surface area (TPSA) is 72.1 Å². The zero-order valence-corrected chi connectivity index (χ0v) is 16.4. The van der Waals surface area contributed by atoms with E-state index in [1.807, 2.05) is 31.2 Å². The second kappa shape index (κ2) is 8.10. The van der Waals surface area contributed by atoms with Crippen molar-refractivity contribution < 1.29 is 9.21 Å². The third-order valence-electron chi connectivity index (χ3n) is 4.91. The average Bonchev–Trinajstić information content (AvgIpc) is 3.18. The van der Waals surface area contributed by atoms with Crippen molar-refractivity contribution in [2.75, 3.05) is 6.54 Å². The van der Waals surface area contributed by atoms with E-state index >= 15 is 0 Å². The van der Waals surface area contributed by atoms with Crippen LogP contribution in [0.2, 0.25) is 5.02 Å². The Labute approximate surface area is 168 Å². The van der Waals surface area contributed by atoms with E-state index in [9.17, 15) is 4.79 Å². The number of rotatable bonds is 4. The van der Waals surface area contributed by atoms with Crippen molar-refractivity contribution >= 4 is 17.5 Å². The third kappa shape index (κ3) is 4.07. The van der Waals surface area contributed by atoms with Crippen LogP contribution in [0.1, 0.15) is 58.7 Å². The number of amides is 1. The highest BCUT2D eigenvalue weighted by molar-refractivity contribution is 6.30. The van der Waals surface area contributed by atoms with Crippen LogP contribution in [0, 0.1) is 6.92 Å². The fourth-order valence-electron chi connectivity index (χ4n) is 3.44. The highest BCUT2D eigenvalue weighted by Crippen LogP contribution is 2.32. The summed E-state index contributed by atoms with van der Waals surface area (Å²) < 4.78 is 6.02. The molecule has 0 radical (unpaired) electrons. The molecule has 4 rings (SSSR count). The molecule has 3 heterocycles. The molecule has 1 amide bonds. The van der Waals surface area contributed by atoms with Crippen LogP contribution in [-0.2, 0) is 6.42 Å². The van der Waals surface area contributed by atoms with Gasteiger partial charge < -0.3 is 9.32 Å². The molecule has 1 aliphatic heterocycles. The number of aromatic nitrogens is 3. The Morgan fingerprint density at radius 2 is 1.96 bits per heavy atom. The lowest BCUT2D eigenvalue weighted by atomic mass is 10.0. The molecule has 1 saturated heterocycles. The summed E-state index contributed by atoms with van der Waals surface area (Å²) in [6.45, 7) is 2.51. The number of nitrogens with zero attached hydrogens (tertiary/aromatic N) is 4. The molecule has 0 unspecified atom stereocenters. The summed E-state index contributed by atoms with van der Waals surface area (Å²) in [6, 6.07) is 7.48. The maximum absolute atomic E-state index is 13.0. The van der Waals surface area contributed by atoms with Crippen LogP contribution < -0.4 is 0 Å². The first kappa shape index (κ1) is 18.6. The Hall–Kier alpha value is -2.73. The first-order chi connectivity index (χ1) is 13.6. The molecule has 28 heavy (non-hydrogen) atoms. The van der Waals surface area contributed by atoms with E-state index in [-0.39, 0.29) is 11.9 Å². The normalized spacial score (nSPS) is 16.9. The first-order valence-corrected chi connectivity index (χ1v) is 9.76. The number of carbonyl (C=O) groups excluding carboxylic acids is 1. The molecule has 0 aliphatic carbocycles. The van der Waals surface area contributed by atoms with E-state index in [4.69, 9.17) is 16.0 Å². The number of piperidine rings is 1. The molecule has 0 spiro atoms. The molecule has 0 saturated carbocycles. The van der Waals surface area contributed by atoms with E-state index in [0.29, 0.717) is 29.6 Å². The number of benzene rings is 1. The van der Waals surface area contributed by atoms with Crippen LogP contribution in [0.15, 0.2) is 47.3 Å². The molecule has 1 aromatic carbocycles. The van der Waals surface area contributed by atoms with Gasteiger partial charge in [0.2, 0.25) is 5.89 Å². The van der Waals surface area contributed by atoms with Crippen LogP contribution >= 0.6 is 11.6 Å². The van der Waals surface area contributed by atoms with Gasteiger partial charge in [0.05, 0.1) is 18.1 Å². The van der Waals surface area contributed by atoms with E-state index < -0.39 is 0 Å². The minimum absolute atomic E-state index is 0.130. The Kier molecular flexibility index (Phi) is 5.39. The number of carbonyl (C=O) groups is 1. The second-order valence-corrected chi connectivity index (χ2v) is 7.46. The standard InChI is InChI=1S/C21H21ClN4O2/c1-14-11-24-18(13-23-14)21(27)26-9-3-2-4-19(26)20-25-12-17(28-20)10-15-5-7-16(22)8-6-15/h5-8,11-13,19H,2-4,9-10H2,1H3/t19-/m1/s1. The molecule has 0 bridgehead atoms. The van der Waals surface area contributed by atoms with Gasteiger partial charge >= 0.3 is 0 Å². The first-order valence-electron chi connectivity index (χ1n) is 9.39. The number of likely N-dealkylation sites (tertiary alicyclic amines) is 1. The summed E-state index contributed by atoms with van der Waals surface area (Å²) in [6.07, 6.45) is 8.34. The summed E-state index contributed by atoms with van der Waals surface area (Å²) in [4.78, 5) is 27.7. The molecule has 0 N–H and O–H groups in total. The number of halogens is 1. The Morgan fingerprint density at radius 1 is 1.14 bits per heavy atom. The van der Waals surface area contributed by atoms with Crippen LogP contribution in [0.25, 0.3) is 0 Å². The summed E-state index contributed by atoms with van der Waals surface area (Å²) in [5.41, 5.74) is 2.23. The van der Waals surface area contributed by atoms with Gasteiger partial charge in [0.15, 0.2) is 0 Å². The van der Waals surface area contributed by atoms with Gasteiger partial charge in [-0.25, -0.2) is 9.97 Å². The summed E-state index contributed by atoms with van der Waals surface area (Å²) in [5.74, 6) is 1.22. The minimum atomic E-state index is -0.177. The predicted molar refractivity (Wildman–Crippen MR) is 105 cm³/mol. The van der Waals surface area contributed by atoms with Gasteiger partial charge in [0.1, 0.15) is 17.5 Å². The maximum atomic E-state index is 13.0. The van der Waals surface area contributed by atoms with Crippen molar-refractivity contribution in [2.45, 2.75) is 38.6 Å². The van der Waals surface area contributed by atoms with E-state index in [0.717, 1.165) is 36.3 Å². The van der Waals surface area contributed by atoms with Crippen LogP contribution in [-0.4, -0.2) is 32.3 Å². The molecule has 7 heteroatoms. The molecule has 1 fully saturated rings. The summed E-state index contributed by atoms with van der Waals surface area (Å²) >= 11 is 5.94. The molecule has 3 aromatic rings. The average molecular weight is 397 g/mol. The van der Waals surface area contributed by atoms with Gasteiger partial charge in [-0.2, -0.15) is 0 Å². The van der Waals surface area contributed by atoms with Gasteiger partial charge in [-0.3, -0.25) is 9.78 Å². The highest BCUT2D eigenvalue weighted by Gasteiger charge is 2.32. The second-order valence-electron chi connectivity index (χ2n) is 7.02. The third-order valence-corrected chi connectivity index (χ3v) is 5.16. The van der Waals surface area contributed by atoms with Crippen molar-refractivity contribution in [3.8, 4) is 0 Å². The number of oxazole rings is 1. The van der Waals surface area contributed by atoms with Gasteiger partial charge in [0, 0.05) is 24.2 Å². The zero-order chi connectivity index (χ0) is 19.5. The smallest absolute Gasteiger partial charge is 0.274 e. The maximum Gasteiger partial charge on any atom is 0.274 e. The molecule has 1 aliphatic rings. The van der Waals surface area contributed by atoms with Gasteiger partial charge in [-0.05, 0) is 43.9 Å². The van der Waals surface area contributed by atoms with E-state index in [1.165, 1.54) is 6.20 Å². The van der Waals surface area contributed by atoms with Crippen LogP contribution in [0.5, 0.6) is 0 Å². The Morgan fingerprint density at radius 3 is 2.71 bits per heavy atom. The number of hydrogen-bond donors (Lipinski definition) is 0. The van der Waals surface area contributed by atoms with Gasteiger partial charge in [-0.15, -0.1) is 0 Å². The monoisotopic (exact) mass is 396 g/mol. The minimum Gasteiger partial charge on any atom is -0.443 e. The molecular formula is C21H21ClN4O2. The van der Waals surface area contributed by atoms with Crippen molar-refractivity contribution in [3.05, 3.63) is 76.5 Å². The lowest BCUT2D eigenvalue weighted by Gasteiger charge is -2.33. The van der Waals surface area contributed by atoms with Gasteiger partial charge in [0.25, 0.3) is 5.91 Å². The molecule has 2 aromatic heterocycles. The lowest BCUT2D eigenvalue weighted by Crippen LogP contribution is -2.39. The van der Waals surface area contributed by atoms with E-state index in [1.54, 1.807) is 17.3 Å². The van der Waals surface area contributed by atoms with Crippen LogP contribution in [0.4, 0.5) is 0 Å². The van der Waals surface area contributed by atoms with Crippen LogP contribution in [0.3, 0.4) is 0 Å². The van der Waals surface area contributed by atoms with Crippen molar-refractivity contribution in [1.82, 2.24) is 19.9 Å². The molecule has 1 atom stereocenters. The van der Waals surface area contributed by atoms with E-state index in [2.05, 4.69) is 15.0 Å². The quantitative estimate of drug-likeness (QED) is 0.654. The SMILES string of the molecule is Cc1cnc(C(=O)N2CCCC[C@@H]2c2ncc(Cc3ccc(Cl)cc3)o2)cn1. The van der Waals surface area contributed by atoms with Crippen molar-refractivity contribution in [2.24, 2.45) is 0 Å². The lowest BCUT2D eigenvalue weighted by molar-refractivity contribution is 0.0563. The Bertz CT molecular complexity index is 953. The molecule has 6 nitrogen and oxygen atoms in total. The fourth-order valence-corrected chi connectivity index (χ4v) is 3.57. The highest BCUT2D eigenvalue weighted by atomic mass is 35.5.